The maximum atomic E-state index is 11.8. The number of nitrogens with zero attached hydrogens (tertiary/aromatic N) is 1. The molecule has 0 aromatic rings. The summed E-state index contributed by atoms with van der Waals surface area (Å²) >= 11 is 0. The summed E-state index contributed by atoms with van der Waals surface area (Å²) in [5, 5.41) is 0. The summed E-state index contributed by atoms with van der Waals surface area (Å²) in [6.07, 6.45) is 12.3. The van der Waals surface area contributed by atoms with E-state index in [1.807, 2.05) is 17.9 Å². The van der Waals surface area contributed by atoms with Gasteiger partial charge in [0, 0.05) is 19.5 Å². The van der Waals surface area contributed by atoms with Gasteiger partial charge in [0.25, 0.3) is 0 Å². The van der Waals surface area contributed by atoms with Crippen LogP contribution in [0, 0.1) is 17.8 Å². The molecule has 2 aliphatic carbocycles. The molecule has 2 rings (SSSR count). The minimum absolute atomic E-state index is 0.268. The molecule has 0 aromatic heterocycles. The lowest BCUT2D eigenvalue weighted by Crippen LogP contribution is -2.33. The molecule has 0 aromatic carbocycles. The molecule has 0 aliphatic heterocycles. The van der Waals surface area contributed by atoms with Gasteiger partial charge in [0.1, 0.15) is 0 Å². The van der Waals surface area contributed by atoms with E-state index in [0.717, 1.165) is 24.3 Å². The van der Waals surface area contributed by atoms with Crippen molar-refractivity contribution in [2.45, 2.75) is 39.0 Å². The highest BCUT2D eigenvalue weighted by Gasteiger charge is 2.43. The normalized spacial score (nSPS) is 29.9. The molecule has 1 amide bonds. The molecule has 0 spiro atoms. The summed E-state index contributed by atoms with van der Waals surface area (Å²) in [6, 6.07) is 0. The number of hydrogen-bond acceptors (Lipinski definition) is 1. The van der Waals surface area contributed by atoms with Gasteiger partial charge < -0.3 is 4.90 Å². The van der Waals surface area contributed by atoms with Crippen molar-refractivity contribution in [1.29, 1.82) is 0 Å². The Kier molecular flexibility index (Phi) is 4.62. The molecule has 2 aliphatic rings. The number of allylic oxidation sites excluding steroid dienone is 2. The Labute approximate surface area is 111 Å². The summed E-state index contributed by atoms with van der Waals surface area (Å²) in [7, 11) is 0. The van der Waals surface area contributed by atoms with Gasteiger partial charge >= 0.3 is 0 Å². The molecule has 1 fully saturated rings. The van der Waals surface area contributed by atoms with E-state index in [1.165, 1.54) is 25.7 Å². The zero-order chi connectivity index (χ0) is 13.0. The summed E-state index contributed by atoms with van der Waals surface area (Å²) in [5.41, 5.74) is 0. The Morgan fingerprint density at radius 3 is 2.94 bits per heavy atom. The van der Waals surface area contributed by atoms with Gasteiger partial charge in [0.15, 0.2) is 0 Å². The van der Waals surface area contributed by atoms with E-state index in [4.69, 9.17) is 0 Å². The average Bonchev–Trinajstić information content (AvgIpc) is 3.18. The Morgan fingerprint density at radius 1 is 1.50 bits per heavy atom. The first-order valence-corrected chi connectivity index (χ1v) is 7.30. The highest BCUT2D eigenvalue weighted by Crippen LogP contribution is 2.48. The van der Waals surface area contributed by atoms with Crippen LogP contribution in [0.3, 0.4) is 0 Å². The molecule has 2 nitrogen and oxygen atoms in total. The second-order valence-corrected chi connectivity index (χ2v) is 5.65. The highest BCUT2D eigenvalue weighted by molar-refractivity contribution is 5.76. The molecule has 0 bridgehead atoms. The summed E-state index contributed by atoms with van der Waals surface area (Å²) < 4.78 is 0. The zero-order valence-electron chi connectivity index (χ0n) is 11.5. The van der Waals surface area contributed by atoms with Crippen LogP contribution in [0.1, 0.15) is 39.0 Å². The number of carbonyl (C=O) groups excluding carboxylic acids is 1. The molecule has 2 heteroatoms. The predicted octanol–water partition coefficient (Wildman–Crippen LogP) is 3.40. The van der Waals surface area contributed by atoms with Gasteiger partial charge in [-0.3, -0.25) is 4.79 Å². The van der Waals surface area contributed by atoms with Crippen molar-refractivity contribution >= 4 is 5.91 Å². The van der Waals surface area contributed by atoms with E-state index < -0.39 is 0 Å². The Balaban J connectivity index is 1.81. The quantitative estimate of drug-likeness (QED) is 0.659. The van der Waals surface area contributed by atoms with E-state index >= 15 is 0 Å². The summed E-state index contributed by atoms with van der Waals surface area (Å²) in [6.45, 7) is 7.35. The molecule has 0 radical (unpaired) electrons. The fourth-order valence-corrected chi connectivity index (χ4v) is 3.20. The van der Waals surface area contributed by atoms with Crippen LogP contribution in [0.5, 0.6) is 0 Å². The first-order valence-electron chi connectivity index (χ1n) is 7.30. The van der Waals surface area contributed by atoms with Gasteiger partial charge in [-0.05, 0) is 43.4 Å². The monoisotopic (exact) mass is 247 g/mol. The molecule has 18 heavy (non-hydrogen) atoms. The van der Waals surface area contributed by atoms with Crippen LogP contribution in [0.4, 0.5) is 0 Å². The molecule has 3 atom stereocenters. The van der Waals surface area contributed by atoms with Gasteiger partial charge in [-0.25, -0.2) is 0 Å². The third-order valence-corrected chi connectivity index (χ3v) is 4.35. The number of amides is 1. The maximum absolute atomic E-state index is 11.8. The largest absolute Gasteiger partial charge is 0.339 e. The van der Waals surface area contributed by atoms with Crippen LogP contribution in [0.2, 0.25) is 0 Å². The van der Waals surface area contributed by atoms with Crippen molar-refractivity contribution in [1.82, 2.24) is 4.90 Å². The highest BCUT2D eigenvalue weighted by atomic mass is 16.2. The first kappa shape index (κ1) is 13.4. The van der Waals surface area contributed by atoms with Crippen LogP contribution in [-0.2, 0) is 4.79 Å². The van der Waals surface area contributed by atoms with Gasteiger partial charge in [0.2, 0.25) is 5.91 Å². The minimum Gasteiger partial charge on any atom is -0.339 e. The Bertz CT molecular complexity index is 334. The van der Waals surface area contributed by atoms with Crippen LogP contribution >= 0.6 is 0 Å². The van der Waals surface area contributed by atoms with Crippen molar-refractivity contribution < 1.29 is 4.79 Å². The van der Waals surface area contributed by atoms with Crippen molar-refractivity contribution in [2.75, 3.05) is 13.1 Å². The predicted molar refractivity (Wildman–Crippen MR) is 75.1 cm³/mol. The lowest BCUT2D eigenvalue weighted by Gasteiger charge is -2.22. The third kappa shape index (κ3) is 3.24. The van der Waals surface area contributed by atoms with E-state index in [9.17, 15) is 4.79 Å². The number of carbonyl (C=O) groups is 1. The first-order chi connectivity index (χ1) is 8.76. The van der Waals surface area contributed by atoms with Gasteiger partial charge in [0.05, 0.1) is 0 Å². The lowest BCUT2D eigenvalue weighted by molar-refractivity contribution is -0.130. The van der Waals surface area contributed by atoms with Crippen molar-refractivity contribution in [2.24, 2.45) is 17.8 Å². The maximum Gasteiger partial charge on any atom is 0.222 e. The molecular formula is C16H25NO. The fraction of sp³-hybridized carbons (Fsp3) is 0.688. The van der Waals surface area contributed by atoms with Crippen LogP contribution in [-0.4, -0.2) is 23.9 Å². The second-order valence-electron chi connectivity index (χ2n) is 5.65. The summed E-state index contributed by atoms with van der Waals surface area (Å²) in [4.78, 5) is 13.8. The lowest BCUT2D eigenvalue weighted by atomic mass is 9.89. The second kappa shape index (κ2) is 6.21. The Hall–Kier alpha value is -1.05. The minimum atomic E-state index is 0.268. The molecule has 100 valence electrons. The average molecular weight is 247 g/mol. The zero-order valence-corrected chi connectivity index (χ0v) is 11.5. The van der Waals surface area contributed by atoms with Gasteiger partial charge in [-0.1, -0.05) is 25.2 Å². The van der Waals surface area contributed by atoms with Crippen molar-refractivity contribution in [3.8, 4) is 0 Å². The number of rotatable bonds is 6. The van der Waals surface area contributed by atoms with Crippen LogP contribution in [0.15, 0.2) is 24.8 Å². The van der Waals surface area contributed by atoms with Crippen molar-refractivity contribution in [3.05, 3.63) is 24.8 Å². The topological polar surface area (TPSA) is 20.3 Å². The fourth-order valence-electron chi connectivity index (χ4n) is 3.20. The van der Waals surface area contributed by atoms with E-state index in [1.54, 1.807) is 0 Å². The smallest absolute Gasteiger partial charge is 0.222 e. The van der Waals surface area contributed by atoms with Crippen LogP contribution in [0.25, 0.3) is 0 Å². The molecular weight excluding hydrogens is 222 g/mol. The molecule has 1 saturated carbocycles. The molecule has 3 unspecified atom stereocenters. The SMILES string of the molecule is C=CCN(CC1CC1C1CC=CCC1)C(=O)CC. The molecule has 0 N–H and O–H groups in total. The molecule has 0 saturated heterocycles. The van der Waals surface area contributed by atoms with Gasteiger partial charge in [-0.15, -0.1) is 6.58 Å². The van der Waals surface area contributed by atoms with E-state index in [0.29, 0.717) is 13.0 Å². The standard InChI is InChI=1S/C16H25NO/c1-3-10-17(16(18)4-2)12-14-11-15(14)13-8-6-5-7-9-13/h3,5-6,13-15H,1,4,7-12H2,2H3. The number of hydrogen-bond donors (Lipinski definition) is 0. The van der Waals surface area contributed by atoms with Gasteiger partial charge in [-0.2, -0.15) is 0 Å². The van der Waals surface area contributed by atoms with Crippen molar-refractivity contribution in [3.63, 3.8) is 0 Å². The van der Waals surface area contributed by atoms with E-state index in [-0.39, 0.29) is 5.91 Å². The molecule has 0 heterocycles. The van der Waals surface area contributed by atoms with Crippen LogP contribution < -0.4 is 0 Å². The third-order valence-electron chi connectivity index (χ3n) is 4.35. The Morgan fingerprint density at radius 2 is 2.33 bits per heavy atom. The summed E-state index contributed by atoms with van der Waals surface area (Å²) in [5.74, 6) is 2.76. The van der Waals surface area contributed by atoms with E-state index in [2.05, 4.69) is 18.7 Å².